The average molecular weight is 258 g/mol. The molecule has 0 saturated heterocycles. The van der Waals surface area contributed by atoms with E-state index in [1.165, 1.54) is 11.8 Å². The monoisotopic (exact) mass is 258 g/mol. The van der Waals surface area contributed by atoms with E-state index >= 15 is 0 Å². The van der Waals surface area contributed by atoms with Crippen LogP contribution in [0.1, 0.15) is 13.8 Å². The van der Waals surface area contributed by atoms with Gasteiger partial charge in [0.05, 0.1) is 4.75 Å². The minimum atomic E-state index is -0.244. The van der Waals surface area contributed by atoms with Crippen LogP contribution in [-0.2, 0) is 0 Å². The van der Waals surface area contributed by atoms with Crippen LogP contribution in [0.4, 0.5) is 5.82 Å². The normalized spacial score (nSPS) is 11.2. The molecule has 1 N–H and O–H groups in total. The summed E-state index contributed by atoms with van der Waals surface area (Å²) in [5.41, 5.74) is 0. The minimum Gasteiger partial charge on any atom is -0.368 e. The van der Waals surface area contributed by atoms with Crippen LogP contribution >= 0.6 is 23.7 Å². The third kappa shape index (κ3) is 4.36. The summed E-state index contributed by atoms with van der Waals surface area (Å²) >= 11 is 2.51. The summed E-state index contributed by atoms with van der Waals surface area (Å²) in [5, 5.41) is 3.89. The van der Waals surface area contributed by atoms with Crippen molar-refractivity contribution in [1.29, 1.82) is 0 Å². The van der Waals surface area contributed by atoms with Crippen molar-refractivity contribution in [2.24, 2.45) is 4.58 Å². The summed E-state index contributed by atoms with van der Waals surface area (Å²) in [7, 11) is 0. The van der Waals surface area contributed by atoms with Gasteiger partial charge in [0.1, 0.15) is 5.82 Å². The molecule has 0 fully saturated rings. The molecule has 0 radical (unpaired) electrons. The van der Waals surface area contributed by atoms with Gasteiger partial charge in [-0.25, -0.2) is 9.97 Å². The molecule has 0 bridgehead atoms. The molecule has 1 aromatic heterocycles. The Morgan fingerprint density at radius 1 is 1.56 bits per heavy atom. The molecule has 0 aromatic carbocycles. The quantitative estimate of drug-likeness (QED) is 0.366. The summed E-state index contributed by atoms with van der Waals surface area (Å²) in [6.07, 6.45) is 3.63. The van der Waals surface area contributed by atoms with Crippen molar-refractivity contribution in [1.82, 2.24) is 9.97 Å². The van der Waals surface area contributed by atoms with Gasteiger partial charge in [-0.3, -0.25) is 0 Å². The van der Waals surface area contributed by atoms with Gasteiger partial charge in [-0.05, 0) is 26.2 Å². The Hall–Kier alpha value is -0.820. The number of aromatic nitrogens is 2. The van der Waals surface area contributed by atoms with Crippen molar-refractivity contribution in [2.75, 3.05) is 18.1 Å². The van der Waals surface area contributed by atoms with Gasteiger partial charge < -0.3 is 5.32 Å². The molecule has 0 aliphatic carbocycles. The molecule has 0 atom stereocenters. The molecule has 0 amide bonds. The van der Waals surface area contributed by atoms with Crippen molar-refractivity contribution < 1.29 is 0 Å². The lowest BCUT2D eigenvalue weighted by atomic mass is 10.2. The maximum absolute atomic E-state index is 10.2. The van der Waals surface area contributed by atoms with E-state index in [-0.39, 0.29) is 4.75 Å². The van der Waals surface area contributed by atoms with Crippen LogP contribution < -0.4 is 5.32 Å². The first-order valence-corrected chi connectivity index (χ1v) is 6.69. The highest BCUT2D eigenvalue weighted by Gasteiger charge is 2.19. The molecule has 88 valence electrons. The van der Waals surface area contributed by atoms with Crippen LogP contribution in [0, 0.1) is 4.91 Å². The van der Waals surface area contributed by atoms with Gasteiger partial charge in [0.15, 0.2) is 5.16 Å². The number of thioether (sulfide) groups is 1. The molecule has 0 saturated carbocycles. The molecular formula is C9H14N4OS2. The van der Waals surface area contributed by atoms with E-state index in [4.69, 9.17) is 0 Å². The van der Waals surface area contributed by atoms with Gasteiger partial charge >= 0.3 is 0 Å². The van der Waals surface area contributed by atoms with Crippen molar-refractivity contribution >= 4 is 29.5 Å². The van der Waals surface area contributed by atoms with E-state index in [1.54, 1.807) is 12.3 Å². The van der Waals surface area contributed by atoms with Crippen LogP contribution in [0.15, 0.2) is 22.0 Å². The van der Waals surface area contributed by atoms with Gasteiger partial charge in [-0.2, -0.15) is 0 Å². The predicted molar refractivity (Wildman–Crippen MR) is 69.8 cm³/mol. The first kappa shape index (κ1) is 13.2. The largest absolute Gasteiger partial charge is 0.368 e. The van der Waals surface area contributed by atoms with Crippen LogP contribution in [0.3, 0.4) is 0 Å². The molecule has 16 heavy (non-hydrogen) atoms. The summed E-state index contributed by atoms with van der Waals surface area (Å²) in [4.78, 5) is 18.5. The molecule has 0 aliphatic heterocycles. The number of rotatable bonds is 6. The Bertz CT molecular complexity index is 359. The van der Waals surface area contributed by atoms with E-state index in [0.29, 0.717) is 6.54 Å². The number of nitrogens with one attached hydrogen (secondary N) is 1. The molecule has 1 aromatic rings. The predicted octanol–water partition coefficient (Wildman–Crippen LogP) is 2.80. The van der Waals surface area contributed by atoms with Gasteiger partial charge in [-0.15, -0.1) is 4.91 Å². The van der Waals surface area contributed by atoms with Crippen molar-refractivity contribution in [2.45, 2.75) is 23.8 Å². The average Bonchev–Trinajstić information content (AvgIpc) is 2.27. The van der Waals surface area contributed by atoms with Gasteiger partial charge in [0.2, 0.25) is 0 Å². The molecule has 1 heterocycles. The fourth-order valence-corrected chi connectivity index (χ4v) is 1.67. The highest BCUT2D eigenvalue weighted by atomic mass is 32.2. The number of hydrogen-bond acceptors (Lipinski definition) is 7. The van der Waals surface area contributed by atoms with E-state index in [2.05, 4.69) is 19.9 Å². The minimum absolute atomic E-state index is 0.244. The van der Waals surface area contributed by atoms with Crippen molar-refractivity contribution in [3.63, 3.8) is 0 Å². The van der Waals surface area contributed by atoms with Crippen LogP contribution in [-0.4, -0.2) is 27.5 Å². The lowest BCUT2D eigenvalue weighted by Crippen LogP contribution is -2.26. The lowest BCUT2D eigenvalue weighted by molar-refractivity contribution is 0.745. The molecule has 0 unspecified atom stereocenters. The smallest absolute Gasteiger partial charge is 0.189 e. The van der Waals surface area contributed by atoms with Crippen LogP contribution in [0.5, 0.6) is 0 Å². The molecule has 5 nitrogen and oxygen atoms in total. The first-order valence-electron chi connectivity index (χ1n) is 4.69. The number of nitroso groups, excluding NO2 is 1. The van der Waals surface area contributed by atoms with E-state index in [9.17, 15) is 4.91 Å². The molecule has 0 spiro atoms. The number of anilines is 1. The second-order valence-electron chi connectivity index (χ2n) is 3.71. The maximum atomic E-state index is 10.2. The van der Waals surface area contributed by atoms with E-state index < -0.39 is 0 Å². The SMILES string of the molecule is CSc1nccc(NCC(C)(C)SN=O)n1. The van der Waals surface area contributed by atoms with E-state index in [0.717, 1.165) is 22.9 Å². The first-order chi connectivity index (χ1) is 7.57. The Morgan fingerprint density at radius 2 is 2.31 bits per heavy atom. The Kier molecular flexibility index (Phi) is 5.01. The summed E-state index contributed by atoms with van der Waals surface area (Å²) in [5.74, 6) is 0.763. The maximum Gasteiger partial charge on any atom is 0.189 e. The van der Waals surface area contributed by atoms with Crippen molar-refractivity contribution in [3.05, 3.63) is 17.2 Å². The second kappa shape index (κ2) is 6.05. The summed E-state index contributed by atoms with van der Waals surface area (Å²) in [6.45, 7) is 4.51. The standard InChI is InChI=1S/C9H14N4OS2/c1-9(2,16-13-14)6-11-7-4-5-10-8(12-7)15-3/h4-5H,6H2,1-3H3,(H,10,11,12). The van der Waals surface area contributed by atoms with Crippen molar-refractivity contribution in [3.8, 4) is 0 Å². The van der Waals surface area contributed by atoms with Gasteiger partial charge in [0.25, 0.3) is 0 Å². The highest BCUT2D eigenvalue weighted by Crippen LogP contribution is 2.25. The number of nitrogens with zero attached hydrogens (tertiary/aromatic N) is 3. The number of hydrogen-bond donors (Lipinski definition) is 1. The topological polar surface area (TPSA) is 67.2 Å². The Morgan fingerprint density at radius 3 is 2.94 bits per heavy atom. The molecule has 7 heteroatoms. The zero-order valence-corrected chi connectivity index (χ0v) is 11.1. The third-order valence-electron chi connectivity index (χ3n) is 1.80. The van der Waals surface area contributed by atoms with Gasteiger partial charge in [-0.1, -0.05) is 11.8 Å². The molecule has 0 aliphatic rings. The zero-order valence-electron chi connectivity index (χ0n) is 9.43. The van der Waals surface area contributed by atoms with Crippen LogP contribution in [0.25, 0.3) is 0 Å². The summed E-state index contributed by atoms with van der Waals surface area (Å²) in [6, 6.07) is 1.80. The molecule has 1 rings (SSSR count). The summed E-state index contributed by atoms with van der Waals surface area (Å²) < 4.78 is 2.60. The van der Waals surface area contributed by atoms with Gasteiger partial charge in [0, 0.05) is 29.3 Å². The molecular weight excluding hydrogens is 244 g/mol. The Labute approximate surface area is 103 Å². The highest BCUT2D eigenvalue weighted by molar-refractivity contribution is 7.99. The second-order valence-corrected chi connectivity index (χ2v) is 5.92. The van der Waals surface area contributed by atoms with E-state index in [1.807, 2.05) is 20.1 Å². The zero-order chi connectivity index (χ0) is 12.0. The lowest BCUT2D eigenvalue weighted by Gasteiger charge is -2.20. The van der Waals surface area contributed by atoms with Crippen LogP contribution in [0.2, 0.25) is 0 Å². The fraction of sp³-hybridized carbons (Fsp3) is 0.556. The Balaban J connectivity index is 2.56. The fourth-order valence-electron chi connectivity index (χ4n) is 0.974. The third-order valence-corrected chi connectivity index (χ3v) is 3.07.